The third-order valence-electron chi connectivity index (χ3n) is 2.33. The normalized spacial score (nSPS) is 16.5. The van der Waals surface area contributed by atoms with Gasteiger partial charge in [-0.15, -0.1) is 11.8 Å². The molecular formula is C12H18ClNO2S. The van der Waals surface area contributed by atoms with E-state index in [1.807, 2.05) is 31.2 Å². The van der Waals surface area contributed by atoms with Gasteiger partial charge in [0.15, 0.2) is 0 Å². The standard InChI is InChI=1S/C12H18ClNO2S/c1-8(14)12(17-7-11(16)6-15)9-3-2-4-10(13)5-9/h2-5,8,11-12,15-16H,6-7,14H2,1H3. The highest BCUT2D eigenvalue weighted by molar-refractivity contribution is 7.99. The summed E-state index contributed by atoms with van der Waals surface area (Å²) < 4.78 is 0. The Morgan fingerprint density at radius 2 is 2.18 bits per heavy atom. The maximum absolute atomic E-state index is 9.35. The number of aliphatic hydroxyl groups is 2. The number of rotatable bonds is 6. The second-order valence-electron chi connectivity index (χ2n) is 4.00. The molecule has 1 aromatic rings. The van der Waals surface area contributed by atoms with Gasteiger partial charge in [-0.3, -0.25) is 0 Å². The smallest absolute Gasteiger partial charge is 0.0861 e. The summed E-state index contributed by atoms with van der Waals surface area (Å²) in [5.74, 6) is 0.454. The quantitative estimate of drug-likeness (QED) is 0.741. The molecule has 0 bridgehead atoms. The van der Waals surface area contributed by atoms with Crippen molar-refractivity contribution in [1.82, 2.24) is 0 Å². The lowest BCUT2D eigenvalue weighted by molar-refractivity contribution is 0.113. The van der Waals surface area contributed by atoms with Gasteiger partial charge in [0.1, 0.15) is 0 Å². The highest BCUT2D eigenvalue weighted by atomic mass is 35.5. The molecule has 0 saturated heterocycles. The summed E-state index contributed by atoms with van der Waals surface area (Å²) in [4.78, 5) is 0. The highest BCUT2D eigenvalue weighted by Crippen LogP contribution is 2.32. The average molecular weight is 276 g/mol. The Kier molecular flexibility index (Phi) is 6.30. The molecule has 3 unspecified atom stereocenters. The predicted octanol–water partition coefficient (Wildman–Crippen LogP) is 1.81. The van der Waals surface area contributed by atoms with Crippen molar-refractivity contribution in [3.8, 4) is 0 Å². The van der Waals surface area contributed by atoms with E-state index < -0.39 is 6.10 Å². The highest BCUT2D eigenvalue weighted by Gasteiger charge is 2.18. The Hall–Kier alpha value is -0.260. The Labute approximate surface area is 111 Å². The van der Waals surface area contributed by atoms with Gasteiger partial charge in [-0.05, 0) is 24.6 Å². The molecule has 0 heterocycles. The van der Waals surface area contributed by atoms with Gasteiger partial charge in [-0.25, -0.2) is 0 Å². The molecular weight excluding hydrogens is 258 g/mol. The molecule has 5 heteroatoms. The van der Waals surface area contributed by atoms with E-state index >= 15 is 0 Å². The first-order chi connectivity index (χ1) is 8.04. The van der Waals surface area contributed by atoms with Crippen molar-refractivity contribution in [2.45, 2.75) is 24.3 Å². The molecule has 0 aliphatic carbocycles. The molecule has 3 nitrogen and oxygen atoms in total. The van der Waals surface area contributed by atoms with Gasteiger partial charge >= 0.3 is 0 Å². The molecule has 1 aromatic carbocycles. The van der Waals surface area contributed by atoms with E-state index in [-0.39, 0.29) is 17.9 Å². The van der Waals surface area contributed by atoms with Crippen molar-refractivity contribution in [2.75, 3.05) is 12.4 Å². The zero-order valence-electron chi connectivity index (χ0n) is 9.71. The van der Waals surface area contributed by atoms with Crippen LogP contribution >= 0.6 is 23.4 Å². The molecule has 1 rings (SSSR count). The summed E-state index contributed by atoms with van der Waals surface area (Å²) in [6, 6.07) is 7.50. The Morgan fingerprint density at radius 1 is 1.47 bits per heavy atom. The minimum absolute atomic E-state index is 0.0515. The third kappa shape index (κ3) is 4.85. The van der Waals surface area contributed by atoms with Crippen LogP contribution in [0.2, 0.25) is 5.02 Å². The maximum Gasteiger partial charge on any atom is 0.0861 e. The summed E-state index contributed by atoms with van der Waals surface area (Å²) in [5.41, 5.74) is 6.98. The fourth-order valence-corrected chi connectivity index (χ4v) is 2.88. The van der Waals surface area contributed by atoms with Gasteiger partial charge in [0.05, 0.1) is 12.7 Å². The largest absolute Gasteiger partial charge is 0.394 e. The third-order valence-corrected chi connectivity index (χ3v) is 4.21. The second kappa shape index (κ2) is 7.24. The van der Waals surface area contributed by atoms with Crippen molar-refractivity contribution < 1.29 is 10.2 Å². The molecule has 0 radical (unpaired) electrons. The molecule has 0 fully saturated rings. The van der Waals surface area contributed by atoms with E-state index in [1.54, 1.807) is 0 Å². The molecule has 0 aliphatic rings. The van der Waals surface area contributed by atoms with E-state index in [0.717, 1.165) is 5.56 Å². The van der Waals surface area contributed by atoms with Crippen molar-refractivity contribution in [3.05, 3.63) is 34.9 Å². The molecule has 0 saturated carbocycles. The summed E-state index contributed by atoms with van der Waals surface area (Å²) in [5, 5.41) is 18.9. The van der Waals surface area contributed by atoms with Gasteiger partial charge in [0, 0.05) is 22.1 Å². The van der Waals surface area contributed by atoms with Crippen LogP contribution in [0, 0.1) is 0 Å². The van der Waals surface area contributed by atoms with E-state index in [9.17, 15) is 5.11 Å². The maximum atomic E-state index is 9.35. The van der Waals surface area contributed by atoms with E-state index in [1.165, 1.54) is 11.8 Å². The number of thioether (sulfide) groups is 1. The van der Waals surface area contributed by atoms with Crippen molar-refractivity contribution in [3.63, 3.8) is 0 Å². The first-order valence-corrected chi connectivity index (χ1v) is 6.89. The molecule has 0 amide bonds. The number of halogens is 1. The van der Waals surface area contributed by atoms with Gasteiger partial charge in [0.2, 0.25) is 0 Å². The molecule has 3 atom stereocenters. The number of aliphatic hydroxyl groups excluding tert-OH is 2. The Balaban J connectivity index is 2.72. The molecule has 0 spiro atoms. The number of nitrogens with two attached hydrogens (primary N) is 1. The van der Waals surface area contributed by atoms with Gasteiger partial charge in [0.25, 0.3) is 0 Å². The molecule has 17 heavy (non-hydrogen) atoms. The van der Waals surface area contributed by atoms with Crippen LogP contribution in [0.4, 0.5) is 0 Å². The van der Waals surface area contributed by atoms with E-state index in [4.69, 9.17) is 22.4 Å². The van der Waals surface area contributed by atoms with Crippen LogP contribution in [0.25, 0.3) is 0 Å². The second-order valence-corrected chi connectivity index (χ2v) is 5.62. The van der Waals surface area contributed by atoms with E-state index in [2.05, 4.69) is 0 Å². The first-order valence-electron chi connectivity index (χ1n) is 5.46. The summed E-state index contributed by atoms with van der Waals surface area (Å²) in [7, 11) is 0. The number of hydrogen-bond acceptors (Lipinski definition) is 4. The first kappa shape index (κ1) is 14.8. The summed E-state index contributed by atoms with van der Waals surface area (Å²) in [6.07, 6.45) is -0.708. The van der Waals surface area contributed by atoms with Crippen LogP contribution in [0.5, 0.6) is 0 Å². The molecule has 0 aromatic heterocycles. The molecule has 0 aliphatic heterocycles. The zero-order valence-corrected chi connectivity index (χ0v) is 11.3. The SMILES string of the molecule is CC(N)C(SCC(O)CO)c1cccc(Cl)c1. The van der Waals surface area contributed by atoms with Crippen LogP contribution in [0.1, 0.15) is 17.7 Å². The topological polar surface area (TPSA) is 66.5 Å². The van der Waals surface area contributed by atoms with Crippen LogP contribution in [0.15, 0.2) is 24.3 Å². The minimum atomic E-state index is -0.708. The minimum Gasteiger partial charge on any atom is -0.394 e. The summed E-state index contributed by atoms with van der Waals surface area (Å²) >= 11 is 7.47. The van der Waals surface area contributed by atoms with Crippen LogP contribution < -0.4 is 5.73 Å². The van der Waals surface area contributed by atoms with Gasteiger partial charge in [-0.2, -0.15) is 0 Å². The van der Waals surface area contributed by atoms with Crippen LogP contribution in [-0.2, 0) is 0 Å². The summed E-state index contributed by atoms with van der Waals surface area (Å²) in [6.45, 7) is 1.69. The predicted molar refractivity (Wildman–Crippen MR) is 73.4 cm³/mol. The molecule has 4 N–H and O–H groups in total. The lowest BCUT2D eigenvalue weighted by Crippen LogP contribution is -2.25. The lowest BCUT2D eigenvalue weighted by atomic mass is 10.1. The van der Waals surface area contributed by atoms with Gasteiger partial charge in [-0.1, -0.05) is 23.7 Å². The Morgan fingerprint density at radius 3 is 2.71 bits per heavy atom. The van der Waals surface area contributed by atoms with E-state index in [0.29, 0.717) is 10.8 Å². The number of benzene rings is 1. The zero-order chi connectivity index (χ0) is 12.8. The van der Waals surface area contributed by atoms with Crippen molar-refractivity contribution >= 4 is 23.4 Å². The lowest BCUT2D eigenvalue weighted by Gasteiger charge is -2.22. The fourth-order valence-electron chi connectivity index (χ4n) is 1.50. The van der Waals surface area contributed by atoms with Gasteiger partial charge < -0.3 is 15.9 Å². The van der Waals surface area contributed by atoms with Crippen molar-refractivity contribution in [1.29, 1.82) is 0 Å². The Bertz CT molecular complexity index is 349. The number of hydrogen-bond donors (Lipinski definition) is 3. The monoisotopic (exact) mass is 275 g/mol. The fraction of sp³-hybridized carbons (Fsp3) is 0.500. The average Bonchev–Trinajstić information content (AvgIpc) is 2.28. The molecule has 96 valence electrons. The van der Waals surface area contributed by atoms with Crippen LogP contribution in [0.3, 0.4) is 0 Å². The van der Waals surface area contributed by atoms with Crippen molar-refractivity contribution in [2.24, 2.45) is 5.73 Å². The van der Waals surface area contributed by atoms with Crippen LogP contribution in [-0.4, -0.2) is 34.7 Å².